The van der Waals surface area contributed by atoms with Crippen LogP contribution in [0, 0.1) is 17.2 Å². The number of rotatable bonds is 4. The zero-order valence-corrected chi connectivity index (χ0v) is 10.6. The van der Waals surface area contributed by atoms with Crippen molar-refractivity contribution in [3.8, 4) is 6.07 Å². The normalized spacial score (nSPS) is 33.6. The third-order valence-electron chi connectivity index (χ3n) is 4.30. The van der Waals surface area contributed by atoms with E-state index < -0.39 is 0 Å². The van der Waals surface area contributed by atoms with Crippen molar-refractivity contribution in [1.82, 2.24) is 15.5 Å². The number of nitrogens with one attached hydrogen (secondary N) is 2. The van der Waals surface area contributed by atoms with Crippen LogP contribution in [0.4, 0.5) is 0 Å². The van der Waals surface area contributed by atoms with Gasteiger partial charge in [-0.05, 0) is 32.2 Å². The molecule has 0 aromatic rings. The highest BCUT2D eigenvalue weighted by Gasteiger charge is 2.41. The SMILES string of the molecule is N#CC(CN1CCCC2C(=O)NCC21)NC1CC1. The molecule has 2 saturated heterocycles. The molecule has 98 valence electrons. The fourth-order valence-electron chi connectivity index (χ4n) is 3.17. The van der Waals surface area contributed by atoms with Crippen LogP contribution in [0.15, 0.2) is 0 Å². The Hall–Kier alpha value is -1.12. The zero-order valence-electron chi connectivity index (χ0n) is 10.6. The second-order valence-electron chi connectivity index (χ2n) is 5.68. The smallest absolute Gasteiger partial charge is 0.224 e. The quantitative estimate of drug-likeness (QED) is 0.725. The molecule has 5 heteroatoms. The zero-order chi connectivity index (χ0) is 12.5. The van der Waals surface area contributed by atoms with E-state index >= 15 is 0 Å². The predicted octanol–water partition coefficient (Wildman–Crippen LogP) is -0.159. The molecule has 5 nitrogen and oxygen atoms in total. The lowest BCUT2D eigenvalue weighted by Gasteiger charge is -2.36. The summed E-state index contributed by atoms with van der Waals surface area (Å²) < 4.78 is 0. The van der Waals surface area contributed by atoms with Crippen LogP contribution in [0.3, 0.4) is 0 Å². The molecule has 1 amide bonds. The van der Waals surface area contributed by atoms with E-state index in [0.717, 1.165) is 32.5 Å². The van der Waals surface area contributed by atoms with Gasteiger partial charge in [0.2, 0.25) is 5.91 Å². The minimum absolute atomic E-state index is 0.0908. The summed E-state index contributed by atoms with van der Waals surface area (Å²) in [7, 11) is 0. The van der Waals surface area contributed by atoms with Crippen LogP contribution >= 0.6 is 0 Å². The molecule has 0 spiro atoms. The van der Waals surface area contributed by atoms with Crippen molar-refractivity contribution in [2.45, 2.75) is 43.8 Å². The molecule has 1 saturated carbocycles. The van der Waals surface area contributed by atoms with Crippen LogP contribution in [-0.4, -0.2) is 48.6 Å². The summed E-state index contributed by atoms with van der Waals surface area (Å²) >= 11 is 0. The summed E-state index contributed by atoms with van der Waals surface area (Å²) in [4.78, 5) is 14.0. The molecule has 3 aliphatic rings. The lowest BCUT2D eigenvalue weighted by atomic mass is 9.91. The number of carbonyl (C=O) groups is 1. The van der Waals surface area contributed by atoms with Gasteiger partial charge in [-0.1, -0.05) is 0 Å². The van der Waals surface area contributed by atoms with Crippen molar-refractivity contribution in [2.75, 3.05) is 19.6 Å². The number of carbonyl (C=O) groups excluding carboxylic acids is 1. The van der Waals surface area contributed by atoms with Gasteiger partial charge in [-0.2, -0.15) is 5.26 Å². The highest BCUT2D eigenvalue weighted by atomic mass is 16.2. The molecule has 0 aromatic carbocycles. The summed E-state index contributed by atoms with van der Waals surface area (Å²) in [6.45, 7) is 2.52. The highest BCUT2D eigenvalue weighted by Crippen LogP contribution is 2.27. The third-order valence-corrected chi connectivity index (χ3v) is 4.30. The molecule has 3 unspecified atom stereocenters. The predicted molar refractivity (Wildman–Crippen MR) is 66.7 cm³/mol. The number of piperidine rings is 1. The van der Waals surface area contributed by atoms with Crippen molar-refractivity contribution in [1.29, 1.82) is 5.26 Å². The van der Waals surface area contributed by atoms with Gasteiger partial charge in [0.25, 0.3) is 0 Å². The number of nitriles is 1. The van der Waals surface area contributed by atoms with E-state index in [9.17, 15) is 10.1 Å². The Morgan fingerprint density at radius 2 is 2.33 bits per heavy atom. The van der Waals surface area contributed by atoms with Crippen LogP contribution in [0.25, 0.3) is 0 Å². The summed E-state index contributed by atoms with van der Waals surface area (Å²) in [5.74, 6) is 0.354. The van der Waals surface area contributed by atoms with Gasteiger partial charge in [-0.3, -0.25) is 15.0 Å². The number of hydrogen-bond donors (Lipinski definition) is 2. The molecule has 0 radical (unpaired) electrons. The fraction of sp³-hybridized carbons (Fsp3) is 0.846. The summed E-state index contributed by atoms with van der Waals surface area (Å²) in [5.41, 5.74) is 0. The average molecular weight is 248 g/mol. The van der Waals surface area contributed by atoms with E-state index in [-0.39, 0.29) is 17.9 Å². The molecule has 0 bridgehead atoms. The minimum Gasteiger partial charge on any atom is -0.354 e. The monoisotopic (exact) mass is 248 g/mol. The Morgan fingerprint density at radius 1 is 1.50 bits per heavy atom. The molecule has 2 heterocycles. The minimum atomic E-state index is -0.0908. The molecule has 2 N–H and O–H groups in total. The van der Waals surface area contributed by atoms with Crippen LogP contribution < -0.4 is 10.6 Å². The first-order valence-electron chi connectivity index (χ1n) is 6.95. The number of likely N-dealkylation sites (tertiary alicyclic amines) is 1. The molecule has 1 aliphatic carbocycles. The second-order valence-corrected chi connectivity index (χ2v) is 5.68. The number of hydrogen-bond acceptors (Lipinski definition) is 4. The van der Waals surface area contributed by atoms with E-state index in [2.05, 4.69) is 21.6 Å². The summed E-state index contributed by atoms with van der Waals surface area (Å²) in [6.07, 6.45) is 4.46. The lowest BCUT2D eigenvalue weighted by Crippen LogP contribution is -2.51. The maximum Gasteiger partial charge on any atom is 0.224 e. The van der Waals surface area contributed by atoms with Gasteiger partial charge in [0, 0.05) is 25.2 Å². The molecule has 3 atom stereocenters. The Morgan fingerprint density at radius 3 is 3.06 bits per heavy atom. The van der Waals surface area contributed by atoms with Crippen molar-refractivity contribution >= 4 is 5.91 Å². The Bertz CT molecular complexity index is 374. The van der Waals surface area contributed by atoms with Crippen LogP contribution in [0.1, 0.15) is 25.7 Å². The lowest BCUT2D eigenvalue weighted by molar-refractivity contribution is -0.124. The Kier molecular flexibility index (Phi) is 3.23. The van der Waals surface area contributed by atoms with E-state index in [1.54, 1.807) is 0 Å². The van der Waals surface area contributed by atoms with Crippen molar-refractivity contribution in [3.63, 3.8) is 0 Å². The Balaban J connectivity index is 1.60. The van der Waals surface area contributed by atoms with E-state index in [0.29, 0.717) is 12.1 Å². The van der Waals surface area contributed by atoms with Crippen molar-refractivity contribution in [3.05, 3.63) is 0 Å². The maximum atomic E-state index is 11.7. The fourth-order valence-corrected chi connectivity index (χ4v) is 3.17. The number of amides is 1. The molecular weight excluding hydrogens is 228 g/mol. The van der Waals surface area contributed by atoms with Gasteiger partial charge in [0.15, 0.2) is 0 Å². The van der Waals surface area contributed by atoms with Crippen LogP contribution in [0.2, 0.25) is 0 Å². The largest absolute Gasteiger partial charge is 0.354 e. The van der Waals surface area contributed by atoms with E-state index in [1.165, 1.54) is 12.8 Å². The highest BCUT2D eigenvalue weighted by molar-refractivity contribution is 5.82. The van der Waals surface area contributed by atoms with E-state index in [4.69, 9.17) is 0 Å². The van der Waals surface area contributed by atoms with Gasteiger partial charge >= 0.3 is 0 Å². The molecule has 0 aromatic heterocycles. The summed E-state index contributed by atoms with van der Waals surface area (Å²) in [6, 6.07) is 3.13. The average Bonchev–Trinajstić information content (AvgIpc) is 3.12. The van der Waals surface area contributed by atoms with Gasteiger partial charge in [0.05, 0.1) is 12.0 Å². The van der Waals surface area contributed by atoms with Gasteiger partial charge in [-0.25, -0.2) is 0 Å². The summed E-state index contributed by atoms with van der Waals surface area (Å²) in [5, 5.41) is 15.5. The Labute approximate surface area is 108 Å². The van der Waals surface area contributed by atoms with Gasteiger partial charge < -0.3 is 5.32 Å². The number of fused-ring (bicyclic) bond motifs is 1. The van der Waals surface area contributed by atoms with Crippen molar-refractivity contribution < 1.29 is 4.79 Å². The maximum absolute atomic E-state index is 11.7. The second kappa shape index (κ2) is 4.87. The van der Waals surface area contributed by atoms with Gasteiger partial charge in [0.1, 0.15) is 6.04 Å². The number of nitrogens with zero attached hydrogens (tertiary/aromatic N) is 2. The molecular formula is C13H20N4O. The van der Waals surface area contributed by atoms with Crippen molar-refractivity contribution in [2.24, 2.45) is 5.92 Å². The first-order valence-corrected chi connectivity index (χ1v) is 6.95. The van der Waals surface area contributed by atoms with Gasteiger partial charge in [-0.15, -0.1) is 0 Å². The molecule has 2 aliphatic heterocycles. The third kappa shape index (κ3) is 2.36. The first kappa shape index (κ1) is 11.9. The standard InChI is InChI=1S/C13H20N4O/c14-6-10(16-9-3-4-9)8-17-5-1-2-11-12(17)7-15-13(11)18/h9-12,16H,1-5,7-8H2,(H,15,18). The van der Waals surface area contributed by atoms with E-state index in [1.807, 2.05) is 0 Å². The topological polar surface area (TPSA) is 68.2 Å². The molecule has 18 heavy (non-hydrogen) atoms. The van der Waals surface area contributed by atoms with Crippen LogP contribution in [-0.2, 0) is 4.79 Å². The molecule has 3 rings (SSSR count). The molecule has 3 fully saturated rings. The first-order chi connectivity index (χ1) is 8.78. The van der Waals surface area contributed by atoms with Crippen LogP contribution in [0.5, 0.6) is 0 Å².